The summed E-state index contributed by atoms with van der Waals surface area (Å²) in [5.74, 6) is -0.287. The molecular weight excluding hydrogens is 152 g/mol. The highest BCUT2D eigenvalue weighted by Gasteiger charge is 2.04. The standard InChI is InChI=1S/C10H14O2/c1-12-10(11)8-4-7-9-5-2-3-6-9/h4,7-8H,2-3,5-6H2,1H3/b8-4+. The molecule has 1 saturated carbocycles. The van der Waals surface area contributed by atoms with Gasteiger partial charge in [0, 0.05) is 6.08 Å². The molecule has 0 heterocycles. The van der Waals surface area contributed by atoms with E-state index in [-0.39, 0.29) is 5.97 Å². The first-order chi connectivity index (χ1) is 5.83. The first-order valence-electron chi connectivity index (χ1n) is 4.27. The van der Waals surface area contributed by atoms with Crippen LogP contribution in [0.15, 0.2) is 23.8 Å². The number of methoxy groups -OCH3 is 1. The summed E-state index contributed by atoms with van der Waals surface area (Å²) in [6.07, 6.45) is 10.2. The molecule has 2 heteroatoms. The number of allylic oxidation sites excluding steroid dienone is 3. The second-order valence-corrected chi connectivity index (χ2v) is 2.91. The Morgan fingerprint density at radius 3 is 2.67 bits per heavy atom. The van der Waals surface area contributed by atoms with E-state index < -0.39 is 0 Å². The molecular formula is C10H14O2. The Morgan fingerprint density at radius 1 is 1.42 bits per heavy atom. The predicted molar refractivity (Wildman–Crippen MR) is 47.7 cm³/mol. The zero-order valence-electron chi connectivity index (χ0n) is 7.38. The molecule has 12 heavy (non-hydrogen) atoms. The Labute approximate surface area is 72.9 Å². The van der Waals surface area contributed by atoms with Crippen molar-refractivity contribution in [3.63, 3.8) is 0 Å². The van der Waals surface area contributed by atoms with E-state index in [1.807, 2.05) is 6.08 Å². The number of carbonyl (C=O) groups excluding carboxylic acids is 1. The van der Waals surface area contributed by atoms with Crippen molar-refractivity contribution in [3.05, 3.63) is 23.8 Å². The summed E-state index contributed by atoms with van der Waals surface area (Å²) in [7, 11) is 1.38. The molecule has 0 N–H and O–H groups in total. The van der Waals surface area contributed by atoms with Crippen LogP contribution in [0.4, 0.5) is 0 Å². The van der Waals surface area contributed by atoms with Crippen LogP contribution < -0.4 is 0 Å². The molecule has 66 valence electrons. The highest BCUT2D eigenvalue weighted by molar-refractivity contribution is 5.82. The minimum atomic E-state index is -0.287. The molecule has 0 radical (unpaired) electrons. The van der Waals surface area contributed by atoms with Crippen molar-refractivity contribution in [2.45, 2.75) is 25.7 Å². The van der Waals surface area contributed by atoms with Gasteiger partial charge in [-0.1, -0.05) is 17.7 Å². The zero-order valence-corrected chi connectivity index (χ0v) is 7.38. The van der Waals surface area contributed by atoms with Crippen LogP contribution in [0.3, 0.4) is 0 Å². The van der Waals surface area contributed by atoms with Crippen molar-refractivity contribution in [1.82, 2.24) is 0 Å². The molecule has 0 atom stereocenters. The summed E-state index contributed by atoms with van der Waals surface area (Å²) < 4.78 is 4.46. The first kappa shape index (κ1) is 9.04. The van der Waals surface area contributed by atoms with Gasteiger partial charge >= 0.3 is 5.97 Å². The van der Waals surface area contributed by atoms with Crippen molar-refractivity contribution in [3.8, 4) is 0 Å². The van der Waals surface area contributed by atoms with Gasteiger partial charge in [0.1, 0.15) is 0 Å². The fourth-order valence-corrected chi connectivity index (χ4v) is 1.33. The Balaban J connectivity index is 2.36. The number of carbonyl (C=O) groups is 1. The molecule has 1 rings (SSSR count). The molecule has 0 aromatic heterocycles. The molecule has 0 spiro atoms. The Bertz CT molecular complexity index is 206. The molecule has 0 unspecified atom stereocenters. The molecule has 0 aromatic rings. The van der Waals surface area contributed by atoms with Gasteiger partial charge in [-0.15, -0.1) is 0 Å². The Kier molecular flexibility index (Phi) is 3.58. The van der Waals surface area contributed by atoms with Gasteiger partial charge in [0.05, 0.1) is 7.11 Å². The summed E-state index contributed by atoms with van der Waals surface area (Å²) in [4.78, 5) is 10.6. The van der Waals surface area contributed by atoms with E-state index in [4.69, 9.17) is 0 Å². The van der Waals surface area contributed by atoms with Gasteiger partial charge in [0.2, 0.25) is 0 Å². The quantitative estimate of drug-likeness (QED) is 0.464. The lowest BCUT2D eigenvalue weighted by Gasteiger charge is -1.90. The summed E-state index contributed by atoms with van der Waals surface area (Å²) in [5, 5.41) is 0. The third-order valence-electron chi connectivity index (χ3n) is 2.01. The van der Waals surface area contributed by atoms with Crippen molar-refractivity contribution in [2.24, 2.45) is 0 Å². The van der Waals surface area contributed by atoms with E-state index in [2.05, 4.69) is 4.74 Å². The van der Waals surface area contributed by atoms with Gasteiger partial charge < -0.3 is 4.74 Å². The molecule has 0 aromatic carbocycles. The smallest absolute Gasteiger partial charge is 0.330 e. The van der Waals surface area contributed by atoms with E-state index in [1.165, 1.54) is 44.4 Å². The van der Waals surface area contributed by atoms with E-state index in [9.17, 15) is 4.79 Å². The minimum Gasteiger partial charge on any atom is -0.466 e. The zero-order chi connectivity index (χ0) is 8.81. The van der Waals surface area contributed by atoms with Crippen LogP contribution in [0.1, 0.15) is 25.7 Å². The summed E-state index contributed by atoms with van der Waals surface area (Å²) in [6, 6.07) is 0. The second kappa shape index (κ2) is 4.75. The second-order valence-electron chi connectivity index (χ2n) is 2.91. The van der Waals surface area contributed by atoms with Crippen molar-refractivity contribution in [1.29, 1.82) is 0 Å². The molecule has 0 aliphatic heterocycles. The van der Waals surface area contributed by atoms with Crippen LogP contribution in [0.5, 0.6) is 0 Å². The van der Waals surface area contributed by atoms with Gasteiger partial charge in [-0.25, -0.2) is 4.79 Å². The number of rotatable bonds is 2. The van der Waals surface area contributed by atoms with Crippen LogP contribution in [0.2, 0.25) is 0 Å². The normalized spacial score (nSPS) is 16.9. The van der Waals surface area contributed by atoms with Crippen molar-refractivity contribution >= 4 is 5.97 Å². The molecule has 0 amide bonds. The highest BCUT2D eigenvalue weighted by Crippen LogP contribution is 2.23. The summed E-state index contributed by atoms with van der Waals surface area (Å²) in [6.45, 7) is 0. The lowest BCUT2D eigenvalue weighted by atomic mass is 10.2. The maximum Gasteiger partial charge on any atom is 0.330 e. The van der Waals surface area contributed by atoms with Crippen molar-refractivity contribution < 1.29 is 9.53 Å². The molecule has 0 saturated heterocycles. The Morgan fingerprint density at radius 2 is 2.08 bits per heavy atom. The first-order valence-corrected chi connectivity index (χ1v) is 4.27. The highest BCUT2D eigenvalue weighted by atomic mass is 16.5. The largest absolute Gasteiger partial charge is 0.466 e. The van der Waals surface area contributed by atoms with E-state index in [0.29, 0.717) is 0 Å². The number of ether oxygens (including phenoxy) is 1. The predicted octanol–water partition coefficient (Wildman–Crippen LogP) is 2.22. The molecule has 2 nitrogen and oxygen atoms in total. The van der Waals surface area contributed by atoms with Gasteiger partial charge in [-0.3, -0.25) is 0 Å². The van der Waals surface area contributed by atoms with Crippen LogP contribution in [0.25, 0.3) is 0 Å². The molecule has 0 bridgehead atoms. The topological polar surface area (TPSA) is 26.3 Å². The fourth-order valence-electron chi connectivity index (χ4n) is 1.33. The van der Waals surface area contributed by atoms with Crippen LogP contribution in [-0.4, -0.2) is 13.1 Å². The average Bonchev–Trinajstić information content (AvgIpc) is 2.57. The van der Waals surface area contributed by atoms with Crippen LogP contribution in [-0.2, 0) is 9.53 Å². The fraction of sp³-hybridized carbons (Fsp3) is 0.500. The van der Waals surface area contributed by atoms with E-state index in [1.54, 1.807) is 6.08 Å². The number of esters is 1. The van der Waals surface area contributed by atoms with Crippen LogP contribution >= 0.6 is 0 Å². The van der Waals surface area contributed by atoms with Gasteiger partial charge in [0.25, 0.3) is 0 Å². The van der Waals surface area contributed by atoms with E-state index in [0.717, 1.165) is 0 Å². The molecule has 1 aliphatic rings. The van der Waals surface area contributed by atoms with Crippen LogP contribution in [0, 0.1) is 0 Å². The maximum atomic E-state index is 10.6. The minimum absolute atomic E-state index is 0.287. The van der Waals surface area contributed by atoms with Crippen molar-refractivity contribution in [2.75, 3.05) is 7.11 Å². The lowest BCUT2D eigenvalue weighted by Crippen LogP contribution is -1.92. The molecule has 1 aliphatic carbocycles. The SMILES string of the molecule is COC(=O)/C=C/C=C1CCCC1. The summed E-state index contributed by atoms with van der Waals surface area (Å²) in [5.41, 5.74) is 1.44. The maximum absolute atomic E-state index is 10.6. The number of hydrogen-bond acceptors (Lipinski definition) is 2. The third kappa shape index (κ3) is 2.91. The Hall–Kier alpha value is -1.05. The van der Waals surface area contributed by atoms with E-state index >= 15 is 0 Å². The third-order valence-corrected chi connectivity index (χ3v) is 2.01. The monoisotopic (exact) mass is 166 g/mol. The van der Waals surface area contributed by atoms with Gasteiger partial charge in [0.15, 0.2) is 0 Å². The molecule has 1 fully saturated rings. The summed E-state index contributed by atoms with van der Waals surface area (Å²) >= 11 is 0. The average molecular weight is 166 g/mol. The lowest BCUT2D eigenvalue weighted by molar-refractivity contribution is -0.134. The number of hydrogen-bond donors (Lipinski definition) is 0. The van der Waals surface area contributed by atoms with Gasteiger partial charge in [-0.05, 0) is 25.7 Å². The van der Waals surface area contributed by atoms with Gasteiger partial charge in [-0.2, -0.15) is 0 Å².